The van der Waals surface area contributed by atoms with Crippen LogP contribution in [-0.4, -0.2) is 16.3 Å². The fourth-order valence-corrected chi connectivity index (χ4v) is 6.29. The predicted molar refractivity (Wildman–Crippen MR) is 92.4 cm³/mol. The number of aryl methyl sites for hydroxylation is 1. The van der Waals surface area contributed by atoms with Crippen LogP contribution in [0.25, 0.3) is 0 Å². The van der Waals surface area contributed by atoms with Crippen molar-refractivity contribution in [3.05, 3.63) is 42.0 Å². The molecule has 0 heterocycles. The third kappa shape index (κ3) is 2.18. The fraction of sp³-hybridized carbons (Fsp3) is 0.619. The van der Waals surface area contributed by atoms with Gasteiger partial charge in [0.25, 0.3) is 0 Å². The van der Waals surface area contributed by atoms with Crippen molar-refractivity contribution in [2.45, 2.75) is 57.5 Å². The number of hydrogen-bond acceptors (Lipinski definition) is 2. The second-order valence-corrected chi connectivity index (χ2v) is 8.31. The molecule has 0 aromatic heterocycles. The first-order valence-corrected chi connectivity index (χ1v) is 9.15. The molecule has 3 aliphatic rings. The number of hydrogen-bond donors (Lipinski definition) is 2. The van der Waals surface area contributed by atoms with E-state index in [-0.39, 0.29) is 11.5 Å². The van der Waals surface area contributed by atoms with E-state index in [1.165, 1.54) is 24.0 Å². The van der Waals surface area contributed by atoms with Gasteiger partial charge in [0.15, 0.2) is 0 Å². The predicted octanol–water partition coefficient (Wildman–Crippen LogP) is 4.41. The zero-order valence-electron chi connectivity index (χ0n) is 14.0. The van der Waals surface area contributed by atoms with Gasteiger partial charge in [-0.15, -0.1) is 6.58 Å². The number of aliphatic hydroxyl groups excluding tert-OH is 1. The molecule has 4 rings (SSSR count). The maximum atomic E-state index is 10.6. The second-order valence-electron chi connectivity index (χ2n) is 8.31. The number of rotatable bonds is 2. The van der Waals surface area contributed by atoms with Crippen molar-refractivity contribution in [1.29, 1.82) is 0 Å². The van der Waals surface area contributed by atoms with Crippen molar-refractivity contribution >= 4 is 0 Å². The minimum absolute atomic E-state index is 0.0866. The summed E-state index contributed by atoms with van der Waals surface area (Å²) < 4.78 is 0. The molecule has 0 amide bonds. The molecule has 1 aromatic rings. The van der Waals surface area contributed by atoms with Gasteiger partial charge in [0.2, 0.25) is 0 Å². The van der Waals surface area contributed by atoms with Gasteiger partial charge >= 0.3 is 0 Å². The Bertz CT molecular complexity index is 622. The van der Waals surface area contributed by atoms with Crippen LogP contribution in [0.2, 0.25) is 0 Å². The monoisotopic (exact) mass is 312 g/mol. The molecule has 2 saturated carbocycles. The van der Waals surface area contributed by atoms with E-state index in [9.17, 15) is 10.2 Å². The van der Waals surface area contributed by atoms with Gasteiger partial charge in [-0.1, -0.05) is 19.1 Å². The Labute approximate surface area is 139 Å². The number of benzene rings is 1. The minimum Gasteiger partial charge on any atom is -0.508 e. The second kappa shape index (κ2) is 5.37. The van der Waals surface area contributed by atoms with Crippen molar-refractivity contribution in [2.24, 2.45) is 23.2 Å². The van der Waals surface area contributed by atoms with Crippen molar-refractivity contribution in [3.8, 4) is 5.75 Å². The summed E-state index contributed by atoms with van der Waals surface area (Å²) in [6.45, 7) is 6.31. The van der Waals surface area contributed by atoms with Crippen molar-refractivity contribution in [3.63, 3.8) is 0 Å². The van der Waals surface area contributed by atoms with Gasteiger partial charge in [0.05, 0.1) is 6.10 Å². The highest BCUT2D eigenvalue weighted by atomic mass is 16.3. The molecule has 0 radical (unpaired) electrons. The van der Waals surface area contributed by atoms with Crippen LogP contribution < -0.4 is 0 Å². The Hall–Kier alpha value is -1.28. The summed E-state index contributed by atoms with van der Waals surface area (Å²) in [4.78, 5) is 0. The number of phenols is 1. The van der Waals surface area contributed by atoms with Gasteiger partial charge in [-0.2, -0.15) is 0 Å². The van der Waals surface area contributed by atoms with Crippen LogP contribution >= 0.6 is 0 Å². The summed E-state index contributed by atoms with van der Waals surface area (Å²) in [5, 5.41) is 20.5. The van der Waals surface area contributed by atoms with E-state index >= 15 is 0 Å². The topological polar surface area (TPSA) is 40.5 Å². The molecule has 2 heteroatoms. The van der Waals surface area contributed by atoms with Crippen LogP contribution in [0.3, 0.4) is 0 Å². The molecule has 124 valence electrons. The first-order chi connectivity index (χ1) is 11.0. The smallest absolute Gasteiger partial charge is 0.115 e. The summed E-state index contributed by atoms with van der Waals surface area (Å²) in [5.41, 5.74) is 2.88. The molecule has 0 spiro atoms. The quantitative estimate of drug-likeness (QED) is 0.794. The molecule has 2 nitrogen and oxygen atoms in total. The number of aliphatic hydroxyl groups is 1. The van der Waals surface area contributed by atoms with Crippen LogP contribution in [-0.2, 0) is 6.42 Å². The minimum atomic E-state index is -0.137. The van der Waals surface area contributed by atoms with Gasteiger partial charge in [0, 0.05) is 0 Å². The largest absolute Gasteiger partial charge is 0.508 e. The van der Waals surface area contributed by atoms with E-state index in [2.05, 4.69) is 25.6 Å². The molecule has 1 unspecified atom stereocenters. The molecule has 6 atom stereocenters. The average Bonchev–Trinajstić information content (AvgIpc) is 2.82. The lowest BCUT2D eigenvalue weighted by molar-refractivity contribution is -0.0473. The summed E-state index contributed by atoms with van der Waals surface area (Å²) >= 11 is 0. The van der Waals surface area contributed by atoms with E-state index in [4.69, 9.17) is 0 Å². The lowest BCUT2D eigenvalue weighted by Gasteiger charge is -2.53. The van der Waals surface area contributed by atoms with Crippen molar-refractivity contribution < 1.29 is 10.2 Å². The van der Waals surface area contributed by atoms with Gasteiger partial charge in [-0.3, -0.25) is 0 Å². The number of phenolic OH excluding ortho intramolecular Hbond substituents is 1. The standard InChI is InChI=1S/C21H28O2/c1-3-4-14-12-21(2)18(9-10-19(21)23)17-7-5-13-11-15(22)6-8-16(13)20(14)17/h3,6,8,11,14,17-20,22-23H,1,4-5,7,9-10,12H2,2H3/t14?,17-,18-,19+,20+,21-/m0/s1. The number of fused-ring (bicyclic) bond motifs is 5. The summed E-state index contributed by atoms with van der Waals surface area (Å²) in [6.07, 6.45) is 8.45. The van der Waals surface area contributed by atoms with Gasteiger partial charge < -0.3 is 10.2 Å². The van der Waals surface area contributed by atoms with Crippen LogP contribution in [0.4, 0.5) is 0 Å². The van der Waals surface area contributed by atoms with Crippen LogP contribution in [0.1, 0.15) is 56.1 Å². The van der Waals surface area contributed by atoms with Crippen LogP contribution in [0.15, 0.2) is 30.9 Å². The maximum absolute atomic E-state index is 10.6. The van der Waals surface area contributed by atoms with Crippen molar-refractivity contribution in [1.82, 2.24) is 0 Å². The van der Waals surface area contributed by atoms with E-state index in [0.717, 1.165) is 25.7 Å². The highest BCUT2D eigenvalue weighted by Gasteiger charge is 2.57. The molecule has 23 heavy (non-hydrogen) atoms. The van der Waals surface area contributed by atoms with Gasteiger partial charge in [0.1, 0.15) is 5.75 Å². The highest BCUT2D eigenvalue weighted by Crippen LogP contribution is 2.63. The first-order valence-electron chi connectivity index (χ1n) is 9.15. The third-order valence-corrected chi connectivity index (χ3v) is 7.25. The Morgan fingerprint density at radius 1 is 1.30 bits per heavy atom. The highest BCUT2D eigenvalue weighted by molar-refractivity contribution is 5.40. The van der Waals surface area contributed by atoms with Crippen LogP contribution in [0.5, 0.6) is 5.75 Å². The zero-order chi connectivity index (χ0) is 16.2. The van der Waals surface area contributed by atoms with E-state index in [1.54, 1.807) is 0 Å². The molecule has 0 bridgehead atoms. The maximum Gasteiger partial charge on any atom is 0.115 e. The normalized spacial score (nSPS) is 41.7. The third-order valence-electron chi connectivity index (χ3n) is 7.25. The molecule has 3 aliphatic carbocycles. The molecule has 1 aromatic carbocycles. The first kappa shape index (κ1) is 15.3. The Balaban J connectivity index is 1.78. The molecule has 2 N–H and O–H groups in total. The molecule has 2 fully saturated rings. The molecule has 0 saturated heterocycles. The van der Waals surface area contributed by atoms with Gasteiger partial charge in [-0.25, -0.2) is 0 Å². The zero-order valence-corrected chi connectivity index (χ0v) is 14.0. The van der Waals surface area contributed by atoms with E-state index in [0.29, 0.717) is 29.4 Å². The molecular formula is C21H28O2. The lowest BCUT2D eigenvalue weighted by Crippen LogP contribution is -2.47. The van der Waals surface area contributed by atoms with Crippen molar-refractivity contribution in [2.75, 3.05) is 0 Å². The van der Waals surface area contributed by atoms with Gasteiger partial charge in [-0.05, 0) is 90.9 Å². The summed E-state index contributed by atoms with van der Waals surface area (Å²) in [7, 11) is 0. The molecule has 0 aliphatic heterocycles. The number of aromatic hydroxyl groups is 1. The Morgan fingerprint density at radius 2 is 2.13 bits per heavy atom. The lowest BCUT2D eigenvalue weighted by atomic mass is 9.51. The average molecular weight is 312 g/mol. The summed E-state index contributed by atoms with van der Waals surface area (Å²) in [6, 6.07) is 5.98. The SMILES string of the molecule is C=CCC1C[C@]2(C)[C@H](O)CC[C@H]2[C@@H]2CCc3cc(O)ccc3[C@@H]12. The Kier molecular flexibility index (Phi) is 3.57. The van der Waals surface area contributed by atoms with E-state index in [1.807, 2.05) is 12.1 Å². The number of allylic oxidation sites excluding steroid dienone is 1. The van der Waals surface area contributed by atoms with E-state index < -0.39 is 0 Å². The fourth-order valence-electron chi connectivity index (χ4n) is 6.29. The molecular weight excluding hydrogens is 284 g/mol. The Morgan fingerprint density at radius 3 is 2.91 bits per heavy atom. The van der Waals surface area contributed by atoms with Crippen LogP contribution in [0, 0.1) is 23.2 Å². The summed E-state index contributed by atoms with van der Waals surface area (Å²) in [5.74, 6) is 2.84.